The lowest BCUT2D eigenvalue weighted by Crippen LogP contribution is -2.45. The number of fused-ring (bicyclic) bond motifs is 1. The summed E-state index contributed by atoms with van der Waals surface area (Å²) in [5, 5.41) is 3.73. The number of rotatable bonds is 3. The van der Waals surface area contributed by atoms with Crippen LogP contribution in [-0.2, 0) is 0 Å². The minimum Gasteiger partial charge on any atom is -0.335 e. The van der Waals surface area contributed by atoms with Gasteiger partial charge >= 0.3 is 6.03 Å². The molecule has 1 aliphatic carbocycles. The molecule has 7 heteroatoms. The van der Waals surface area contributed by atoms with E-state index in [0.29, 0.717) is 25.4 Å². The molecule has 0 radical (unpaired) electrons. The molecule has 4 rings (SSSR count). The average molecular weight is 346 g/mol. The second-order valence-electron chi connectivity index (χ2n) is 6.84. The van der Waals surface area contributed by atoms with Crippen molar-refractivity contribution in [2.75, 3.05) is 13.1 Å². The second kappa shape index (κ2) is 6.54. The van der Waals surface area contributed by atoms with Crippen LogP contribution in [0.5, 0.6) is 0 Å². The molecule has 0 bridgehead atoms. The van der Waals surface area contributed by atoms with Crippen LogP contribution in [0.1, 0.15) is 30.9 Å². The molecule has 2 aromatic rings. The number of carbonyl (C=O) groups excluding carboxylic acids is 1. The number of likely N-dealkylation sites (tertiary alicyclic amines) is 1. The highest BCUT2D eigenvalue weighted by atomic mass is 19.3. The predicted octanol–water partition coefficient (Wildman–Crippen LogP) is 3.17. The van der Waals surface area contributed by atoms with Crippen LogP contribution >= 0.6 is 0 Å². The normalized spacial score (nSPS) is 23.9. The molecule has 2 amide bonds. The van der Waals surface area contributed by atoms with Crippen molar-refractivity contribution >= 4 is 17.1 Å². The molecule has 1 aliphatic heterocycles. The Kier molecular flexibility index (Phi) is 4.23. The van der Waals surface area contributed by atoms with Crippen molar-refractivity contribution in [2.45, 2.75) is 37.6 Å². The van der Waals surface area contributed by atoms with Crippen molar-refractivity contribution in [3.63, 3.8) is 0 Å². The van der Waals surface area contributed by atoms with Crippen molar-refractivity contribution in [3.05, 3.63) is 36.2 Å². The van der Waals surface area contributed by atoms with Gasteiger partial charge in [-0.05, 0) is 43.5 Å². The van der Waals surface area contributed by atoms with Gasteiger partial charge < -0.3 is 10.2 Å². The van der Waals surface area contributed by atoms with Crippen molar-refractivity contribution in [2.24, 2.45) is 5.92 Å². The Balaban J connectivity index is 1.34. The SMILES string of the molecule is O=C(N[C@H]1C[C@H]1C(F)F)N1CCC(c2ccc3cccnc3n2)CC1. The minimum atomic E-state index is -2.34. The van der Waals surface area contributed by atoms with Gasteiger partial charge in [0.15, 0.2) is 5.65 Å². The van der Waals surface area contributed by atoms with E-state index < -0.39 is 12.3 Å². The fourth-order valence-electron chi connectivity index (χ4n) is 3.48. The van der Waals surface area contributed by atoms with Crippen LogP contribution in [0, 0.1) is 5.92 Å². The fourth-order valence-corrected chi connectivity index (χ4v) is 3.48. The number of pyridine rings is 2. The summed E-state index contributed by atoms with van der Waals surface area (Å²) in [5.74, 6) is -0.374. The Morgan fingerprint density at radius 2 is 2.04 bits per heavy atom. The Bertz CT molecular complexity index is 777. The summed E-state index contributed by atoms with van der Waals surface area (Å²) in [5.41, 5.74) is 1.75. The van der Waals surface area contributed by atoms with E-state index in [1.165, 1.54) is 0 Å². The number of urea groups is 1. The van der Waals surface area contributed by atoms with Crippen LogP contribution < -0.4 is 5.32 Å². The molecule has 3 heterocycles. The molecule has 2 aliphatic rings. The topological polar surface area (TPSA) is 58.1 Å². The summed E-state index contributed by atoms with van der Waals surface area (Å²) in [4.78, 5) is 22.8. The van der Waals surface area contributed by atoms with Crippen LogP contribution in [0.2, 0.25) is 0 Å². The first-order valence-corrected chi connectivity index (χ1v) is 8.67. The maximum Gasteiger partial charge on any atom is 0.317 e. The number of halogens is 2. The zero-order valence-corrected chi connectivity index (χ0v) is 13.7. The number of carbonyl (C=O) groups is 1. The maximum atomic E-state index is 12.5. The van der Waals surface area contributed by atoms with E-state index >= 15 is 0 Å². The van der Waals surface area contributed by atoms with Gasteiger partial charge in [-0.25, -0.2) is 23.5 Å². The number of amides is 2. The maximum absolute atomic E-state index is 12.5. The van der Waals surface area contributed by atoms with Gasteiger partial charge in [0.1, 0.15) is 0 Å². The Hall–Kier alpha value is -2.31. The molecule has 2 atom stereocenters. The molecule has 0 aromatic carbocycles. The van der Waals surface area contributed by atoms with E-state index in [0.717, 1.165) is 29.6 Å². The van der Waals surface area contributed by atoms with Crippen LogP contribution in [0.4, 0.5) is 13.6 Å². The van der Waals surface area contributed by atoms with E-state index in [2.05, 4.69) is 15.3 Å². The predicted molar refractivity (Wildman–Crippen MR) is 89.5 cm³/mol. The van der Waals surface area contributed by atoms with Gasteiger partial charge in [-0.1, -0.05) is 0 Å². The first kappa shape index (κ1) is 16.2. The molecule has 25 heavy (non-hydrogen) atoms. The van der Waals surface area contributed by atoms with Gasteiger partial charge in [0.05, 0.1) is 0 Å². The molecule has 1 N–H and O–H groups in total. The van der Waals surface area contributed by atoms with Gasteiger partial charge in [0, 0.05) is 48.2 Å². The van der Waals surface area contributed by atoms with E-state index in [1.54, 1.807) is 11.1 Å². The smallest absolute Gasteiger partial charge is 0.317 e. The van der Waals surface area contributed by atoms with Crippen molar-refractivity contribution < 1.29 is 13.6 Å². The summed E-state index contributed by atoms with van der Waals surface area (Å²) < 4.78 is 25.1. The highest BCUT2D eigenvalue weighted by Gasteiger charge is 2.45. The largest absolute Gasteiger partial charge is 0.335 e. The number of aromatic nitrogens is 2. The van der Waals surface area contributed by atoms with E-state index in [9.17, 15) is 13.6 Å². The number of hydrogen-bond acceptors (Lipinski definition) is 3. The average Bonchev–Trinajstić information content (AvgIpc) is 3.41. The zero-order chi connectivity index (χ0) is 17.4. The molecule has 0 unspecified atom stereocenters. The first-order chi connectivity index (χ1) is 12.1. The van der Waals surface area contributed by atoms with Gasteiger partial charge in [-0.15, -0.1) is 0 Å². The monoisotopic (exact) mass is 346 g/mol. The van der Waals surface area contributed by atoms with Crippen LogP contribution in [0.3, 0.4) is 0 Å². The molecule has 5 nitrogen and oxygen atoms in total. The van der Waals surface area contributed by atoms with Crippen molar-refractivity contribution in [1.82, 2.24) is 20.2 Å². The number of hydrogen-bond donors (Lipinski definition) is 1. The molecular formula is C18H20F2N4O. The van der Waals surface area contributed by atoms with Gasteiger partial charge in [0.2, 0.25) is 6.43 Å². The van der Waals surface area contributed by atoms with Crippen molar-refractivity contribution in [3.8, 4) is 0 Å². The summed E-state index contributed by atoms with van der Waals surface area (Å²) in [7, 11) is 0. The van der Waals surface area contributed by atoms with Crippen LogP contribution in [-0.4, -0.2) is 46.5 Å². The standard InChI is InChI=1S/C18H20F2N4O/c19-16(20)13-10-15(13)23-18(25)24-8-5-11(6-9-24)14-4-3-12-2-1-7-21-17(12)22-14/h1-4,7,11,13,15-16H,5-6,8-10H2,(H,23,25)/t13-,15+/m1/s1. The Morgan fingerprint density at radius 3 is 2.76 bits per heavy atom. The van der Waals surface area contributed by atoms with Crippen LogP contribution in [0.15, 0.2) is 30.5 Å². The number of piperidine rings is 1. The lowest BCUT2D eigenvalue weighted by Gasteiger charge is -2.32. The van der Waals surface area contributed by atoms with Gasteiger partial charge in [-0.3, -0.25) is 0 Å². The summed E-state index contributed by atoms with van der Waals surface area (Å²) in [6.07, 6.45) is 1.41. The third-order valence-electron chi connectivity index (χ3n) is 5.16. The molecule has 132 valence electrons. The third kappa shape index (κ3) is 3.41. The summed E-state index contributed by atoms with van der Waals surface area (Å²) >= 11 is 0. The molecule has 1 saturated heterocycles. The van der Waals surface area contributed by atoms with Crippen molar-refractivity contribution in [1.29, 1.82) is 0 Å². The first-order valence-electron chi connectivity index (χ1n) is 8.67. The number of nitrogens with one attached hydrogen (secondary N) is 1. The highest BCUT2D eigenvalue weighted by Crippen LogP contribution is 2.36. The molecule has 0 spiro atoms. The third-order valence-corrected chi connectivity index (χ3v) is 5.16. The lowest BCUT2D eigenvalue weighted by atomic mass is 9.93. The minimum absolute atomic E-state index is 0.222. The highest BCUT2D eigenvalue weighted by molar-refractivity contribution is 5.75. The molecular weight excluding hydrogens is 326 g/mol. The van der Waals surface area contributed by atoms with Crippen LogP contribution in [0.25, 0.3) is 11.0 Å². The second-order valence-corrected chi connectivity index (χ2v) is 6.84. The van der Waals surface area contributed by atoms with E-state index in [1.807, 2.05) is 24.3 Å². The Morgan fingerprint density at radius 1 is 1.24 bits per heavy atom. The molecule has 2 aromatic heterocycles. The number of alkyl halides is 2. The molecule has 2 fully saturated rings. The quantitative estimate of drug-likeness (QED) is 0.929. The zero-order valence-electron chi connectivity index (χ0n) is 13.7. The van der Waals surface area contributed by atoms with Gasteiger partial charge in [0.25, 0.3) is 0 Å². The van der Waals surface area contributed by atoms with Gasteiger partial charge in [-0.2, -0.15) is 0 Å². The lowest BCUT2D eigenvalue weighted by molar-refractivity contribution is 0.118. The van der Waals surface area contributed by atoms with E-state index in [4.69, 9.17) is 0 Å². The fraction of sp³-hybridized carbons (Fsp3) is 0.500. The summed E-state index contributed by atoms with van der Waals surface area (Å²) in [6.45, 7) is 1.23. The Labute approximate surface area is 144 Å². The summed E-state index contributed by atoms with van der Waals surface area (Å²) in [6, 6.07) is 7.34. The number of nitrogens with zero attached hydrogens (tertiary/aromatic N) is 3. The molecule has 1 saturated carbocycles. The van der Waals surface area contributed by atoms with E-state index in [-0.39, 0.29) is 12.1 Å².